The lowest BCUT2D eigenvalue weighted by Gasteiger charge is -2.35. The van der Waals surface area contributed by atoms with Crippen molar-refractivity contribution in [2.45, 2.75) is 39.5 Å². The van der Waals surface area contributed by atoms with Crippen LogP contribution in [0.1, 0.15) is 19.5 Å². The van der Waals surface area contributed by atoms with E-state index in [1.165, 1.54) is 6.07 Å². The van der Waals surface area contributed by atoms with Crippen molar-refractivity contribution in [2.75, 3.05) is 19.6 Å². The van der Waals surface area contributed by atoms with Crippen molar-refractivity contribution in [3.63, 3.8) is 0 Å². The van der Waals surface area contributed by atoms with E-state index in [4.69, 9.17) is 4.74 Å². The molecule has 0 aliphatic carbocycles. The summed E-state index contributed by atoms with van der Waals surface area (Å²) in [5.41, 5.74) is 0.309. The average molecular weight is 266 g/mol. The van der Waals surface area contributed by atoms with Crippen LogP contribution in [0.5, 0.6) is 5.75 Å². The standard InChI is InChI=1S/C14H22N2O3/c1-10-8-15(9-11(2)19-10)6-7-16-5-4-13(17)14(18)12(16)3/h4-5,10-11,18H,6-9H2,1-3H3/t10-,11-/m1/s1. The molecule has 1 fully saturated rings. The number of hydrogen-bond acceptors (Lipinski definition) is 4. The van der Waals surface area contributed by atoms with Gasteiger partial charge in [-0.1, -0.05) is 0 Å². The molecule has 1 aliphatic heterocycles. The molecule has 19 heavy (non-hydrogen) atoms. The van der Waals surface area contributed by atoms with E-state index >= 15 is 0 Å². The van der Waals surface area contributed by atoms with Gasteiger partial charge in [0.25, 0.3) is 0 Å². The second kappa shape index (κ2) is 5.75. The smallest absolute Gasteiger partial charge is 0.223 e. The third-order valence-electron chi connectivity index (χ3n) is 3.57. The molecule has 2 heterocycles. The van der Waals surface area contributed by atoms with E-state index in [1.54, 1.807) is 13.1 Å². The molecule has 5 nitrogen and oxygen atoms in total. The van der Waals surface area contributed by atoms with Gasteiger partial charge in [0.1, 0.15) is 0 Å². The van der Waals surface area contributed by atoms with Crippen LogP contribution in [0, 0.1) is 6.92 Å². The van der Waals surface area contributed by atoms with Crippen LogP contribution in [0.2, 0.25) is 0 Å². The first-order valence-corrected chi connectivity index (χ1v) is 6.74. The lowest BCUT2D eigenvalue weighted by atomic mass is 10.2. The molecule has 0 saturated carbocycles. The zero-order valence-corrected chi connectivity index (χ0v) is 11.8. The summed E-state index contributed by atoms with van der Waals surface area (Å²) in [7, 11) is 0. The van der Waals surface area contributed by atoms with Crippen LogP contribution in [-0.4, -0.2) is 46.4 Å². The summed E-state index contributed by atoms with van der Waals surface area (Å²) >= 11 is 0. The highest BCUT2D eigenvalue weighted by atomic mass is 16.5. The van der Waals surface area contributed by atoms with Crippen LogP contribution in [0.15, 0.2) is 17.1 Å². The first-order chi connectivity index (χ1) is 8.97. The number of aromatic nitrogens is 1. The Hall–Kier alpha value is -1.33. The van der Waals surface area contributed by atoms with Crippen molar-refractivity contribution >= 4 is 0 Å². The van der Waals surface area contributed by atoms with Gasteiger partial charge in [-0.3, -0.25) is 9.69 Å². The third-order valence-corrected chi connectivity index (χ3v) is 3.57. The number of rotatable bonds is 3. The van der Waals surface area contributed by atoms with Gasteiger partial charge in [-0.2, -0.15) is 0 Å². The zero-order valence-electron chi connectivity index (χ0n) is 11.8. The Balaban J connectivity index is 1.99. The van der Waals surface area contributed by atoms with E-state index in [0.717, 1.165) is 26.2 Å². The maximum atomic E-state index is 11.3. The summed E-state index contributed by atoms with van der Waals surface area (Å²) in [6, 6.07) is 1.41. The van der Waals surface area contributed by atoms with Gasteiger partial charge < -0.3 is 14.4 Å². The second-order valence-electron chi connectivity index (χ2n) is 5.32. The molecule has 1 aromatic heterocycles. The molecule has 0 amide bonds. The van der Waals surface area contributed by atoms with Crippen molar-refractivity contribution in [2.24, 2.45) is 0 Å². The van der Waals surface area contributed by atoms with Gasteiger partial charge in [0, 0.05) is 38.4 Å². The molecule has 0 radical (unpaired) electrons. The predicted octanol–water partition coefficient (Wildman–Crippen LogP) is 0.972. The molecule has 2 rings (SSSR count). The van der Waals surface area contributed by atoms with E-state index in [-0.39, 0.29) is 23.4 Å². The lowest BCUT2D eigenvalue weighted by molar-refractivity contribution is -0.0686. The van der Waals surface area contributed by atoms with Gasteiger partial charge in [-0.25, -0.2) is 0 Å². The van der Waals surface area contributed by atoms with Crippen molar-refractivity contribution in [3.05, 3.63) is 28.2 Å². The highest BCUT2D eigenvalue weighted by molar-refractivity contribution is 5.25. The number of aromatic hydroxyl groups is 1. The Labute approximate surface area is 113 Å². The van der Waals surface area contributed by atoms with Gasteiger partial charge in [-0.05, 0) is 20.8 Å². The van der Waals surface area contributed by atoms with Crippen LogP contribution in [0.4, 0.5) is 0 Å². The molecule has 1 aromatic rings. The molecule has 1 saturated heterocycles. The topological polar surface area (TPSA) is 54.7 Å². The highest BCUT2D eigenvalue weighted by Gasteiger charge is 2.21. The fourth-order valence-corrected chi connectivity index (χ4v) is 2.62. The molecule has 0 bridgehead atoms. The van der Waals surface area contributed by atoms with Crippen molar-refractivity contribution < 1.29 is 9.84 Å². The van der Waals surface area contributed by atoms with Crippen molar-refractivity contribution in [1.82, 2.24) is 9.47 Å². The van der Waals surface area contributed by atoms with Crippen LogP contribution in [0.25, 0.3) is 0 Å². The minimum Gasteiger partial charge on any atom is -0.503 e. The van der Waals surface area contributed by atoms with E-state index < -0.39 is 0 Å². The van der Waals surface area contributed by atoms with Gasteiger partial charge in [0.15, 0.2) is 5.75 Å². The molecule has 2 atom stereocenters. The quantitative estimate of drug-likeness (QED) is 0.886. The first-order valence-electron chi connectivity index (χ1n) is 6.74. The van der Waals surface area contributed by atoms with Gasteiger partial charge in [-0.15, -0.1) is 0 Å². The summed E-state index contributed by atoms with van der Waals surface area (Å²) in [5.74, 6) is -0.147. The van der Waals surface area contributed by atoms with E-state index in [2.05, 4.69) is 18.7 Å². The molecule has 0 spiro atoms. The van der Waals surface area contributed by atoms with Crippen molar-refractivity contribution in [3.8, 4) is 5.75 Å². The summed E-state index contributed by atoms with van der Waals surface area (Å²) in [5, 5.41) is 9.64. The van der Waals surface area contributed by atoms with Gasteiger partial charge in [0.05, 0.1) is 17.9 Å². The Morgan fingerprint density at radius 3 is 2.58 bits per heavy atom. The predicted molar refractivity (Wildman–Crippen MR) is 73.6 cm³/mol. The first kappa shape index (κ1) is 14.1. The Morgan fingerprint density at radius 1 is 1.32 bits per heavy atom. The average Bonchev–Trinajstić information content (AvgIpc) is 2.34. The molecule has 1 aliphatic rings. The fourth-order valence-electron chi connectivity index (χ4n) is 2.62. The van der Waals surface area contributed by atoms with E-state index in [0.29, 0.717) is 5.69 Å². The summed E-state index contributed by atoms with van der Waals surface area (Å²) in [4.78, 5) is 13.6. The Morgan fingerprint density at radius 2 is 1.95 bits per heavy atom. The summed E-state index contributed by atoms with van der Waals surface area (Å²) in [6.45, 7) is 9.44. The maximum absolute atomic E-state index is 11.3. The van der Waals surface area contributed by atoms with Crippen LogP contribution in [-0.2, 0) is 11.3 Å². The van der Waals surface area contributed by atoms with E-state index in [9.17, 15) is 9.90 Å². The molecular weight excluding hydrogens is 244 g/mol. The number of nitrogens with zero attached hydrogens (tertiary/aromatic N) is 2. The Bertz CT molecular complexity index is 488. The minimum absolute atomic E-state index is 0.147. The van der Waals surface area contributed by atoms with Crippen LogP contribution >= 0.6 is 0 Å². The SMILES string of the molecule is Cc1c(O)c(=O)ccn1CCN1C[C@@H](C)O[C@H](C)C1. The van der Waals surface area contributed by atoms with E-state index in [1.807, 2.05) is 4.57 Å². The lowest BCUT2D eigenvalue weighted by Crippen LogP contribution is -2.46. The maximum Gasteiger partial charge on any atom is 0.223 e. The Kier molecular flexibility index (Phi) is 4.27. The van der Waals surface area contributed by atoms with Crippen LogP contribution in [0.3, 0.4) is 0 Å². The third kappa shape index (κ3) is 3.36. The molecule has 0 aromatic carbocycles. The molecule has 1 N–H and O–H groups in total. The van der Waals surface area contributed by atoms with Crippen molar-refractivity contribution in [1.29, 1.82) is 0 Å². The largest absolute Gasteiger partial charge is 0.503 e. The summed E-state index contributed by atoms with van der Waals surface area (Å²) < 4.78 is 7.62. The van der Waals surface area contributed by atoms with Gasteiger partial charge >= 0.3 is 0 Å². The fraction of sp³-hybridized carbons (Fsp3) is 0.643. The minimum atomic E-state index is -0.317. The number of morpholine rings is 1. The van der Waals surface area contributed by atoms with Crippen LogP contribution < -0.4 is 5.43 Å². The normalized spacial score (nSPS) is 24.6. The monoisotopic (exact) mass is 266 g/mol. The molecule has 5 heteroatoms. The zero-order chi connectivity index (χ0) is 14.0. The second-order valence-corrected chi connectivity index (χ2v) is 5.32. The number of pyridine rings is 1. The number of hydrogen-bond donors (Lipinski definition) is 1. The highest BCUT2D eigenvalue weighted by Crippen LogP contribution is 2.12. The van der Waals surface area contributed by atoms with Gasteiger partial charge in [0.2, 0.25) is 5.43 Å². The summed E-state index contributed by atoms with van der Waals surface area (Å²) in [6.07, 6.45) is 2.25. The molecular formula is C14H22N2O3. The molecule has 0 unspecified atom stereocenters. The molecule has 106 valence electrons. The number of ether oxygens (including phenoxy) is 1.